The van der Waals surface area contributed by atoms with Crippen LogP contribution in [0, 0.1) is 0 Å². The molecule has 0 radical (unpaired) electrons. The van der Waals surface area contributed by atoms with Crippen molar-refractivity contribution in [2.75, 3.05) is 0 Å². The Hall–Kier alpha value is -1.90. The molecule has 3 heteroatoms. The fourth-order valence-electron chi connectivity index (χ4n) is 2.08. The van der Waals surface area contributed by atoms with E-state index in [1.807, 2.05) is 49.1 Å². The maximum Gasteiger partial charge on any atom is 0.162 e. The number of rotatable bonds is 4. The average molecular weight is 242 g/mol. The molecule has 1 aromatic heterocycles. The molecule has 3 nitrogen and oxygen atoms in total. The number of nitrogens with zero attached hydrogens (tertiary/aromatic N) is 2. The summed E-state index contributed by atoms with van der Waals surface area (Å²) in [6.45, 7) is 3.98. The number of hydrogen-bond acceptors (Lipinski definition) is 2. The summed E-state index contributed by atoms with van der Waals surface area (Å²) in [5, 5.41) is 4.43. The van der Waals surface area contributed by atoms with Crippen molar-refractivity contribution in [2.24, 2.45) is 7.05 Å². The number of aromatic nitrogens is 2. The molecule has 0 unspecified atom stereocenters. The van der Waals surface area contributed by atoms with Gasteiger partial charge in [0, 0.05) is 30.8 Å². The van der Waals surface area contributed by atoms with Crippen molar-refractivity contribution in [3.8, 4) is 11.1 Å². The van der Waals surface area contributed by atoms with Crippen LogP contribution in [0.5, 0.6) is 0 Å². The third kappa shape index (κ3) is 2.35. The first kappa shape index (κ1) is 12.6. The van der Waals surface area contributed by atoms with Crippen LogP contribution in [0.25, 0.3) is 11.1 Å². The first-order chi connectivity index (χ1) is 8.65. The summed E-state index contributed by atoms with van der Waals surface area (Å²) < 4.78 is 1.83. The molecule has 2 rings (SSSR count). The Bertz CT molecular complexity index is 552. The van der Waals surface area contributed by atoms with Gasteiger partial charge in [0.05, 0.1) is 5.69 Å². The molecule has 0 saturated carbocycles. The van der Waals surface area contributed by atoms with E-state index in [1.54, 1.807) is 0 Å². The molecule has 0 aliphatic rings. The van der Waals surface area contributed by atoms with Gasteiger partial charge >= 0.3 is 0 Å². The minimum atomic E-state index is 0.184. The predicted octanol–water partition coefficient (Wildman–Crippen LogP) is 3.24. The van der Waals surface area contributed by atoms with Gasteiger partial charge < -0.3 is 0 Å². The van der Waals surface area contributed by atoms with Crippen LogP contribution in [0.15, 0.2) is 30.5 Å². The molecule has 0 amide bonds. The van der Waals surface area contributed by atoms with Gasteiger partial charge in [-0.1, -0.05) is 38.1 Å². The average Bonchev–Trinajstić information content (AvgIpc) is 2.79. The molecule has 0 aliphatic carbocycles. The summed E-state index contributed by atoms with van der Waals surface area (Å²) in [6.07, 6.45) is 3.48. The number of aryl methyl sites for hydroxylation is 2. The quantitative estimate of drug-likeness (QED) is 0.771. The molecule has 0 fully saturated rings. The third-order valence-electron chi connectivity index (χ3n) is 3.08. The summed E-state index contributed by atoms with van der Waals surface area (Å²) >= 11 is 0. The molecule has 0 N–H and O–H groups in total. The van der Waals surface area contributed by atoms with E-state index in [2.05, 4.69) is 12.0 Å². The minimum absolute atomic E-state index is 0.184. The van der Waals surface area contributed by atoms with Crippen LogP contribution in [0.1, 0.15) is 36.3 Å². The maximum atomic E-state index is 11.6. The zero-order chi connectivity index (χ0) is 13.1. The minimum Gasteiger partial charge on any atom is -0.294 e. The highest BCUT2D eigenvalue weighted by molar-refractivity contribution is 5.96. The summed E-state index contributed by atoms with van der Waals surface area (Å²) in [5.41, 5.74) is 4.14. The van der Waals surface area contributed by atoms with Crippen molar-refractivity contribution in [1.29, 1.82) is 0 Å². The van der Waals surface area contributed by atoms with Gasteiger partial charge in [0.2, 0.25) is 0 Å². The van der Waals surface area contributed by atoms with Crippen molar-refractivity contribution >= 4 is 5.78 Å². The lowest BCUT2D eigenvalue weighted by Gasteiger charge is -2.02. The first-order valence-electron chi connectivity index (χ1n) is 6.31. The lowest BCUT2D eigenvalue weighted by Crippen LogP contribution is -1.95. The van der Waals surface area contributed by atoms with Gasteiger partial charge in [0.1, 0.15) is 0 Å². The van der Waals surface area contributed by atoms with Crippen molar-refractivity contribution in [3.63, 3.8) is 0 Å². The lowest BCUT2D eigenvalue weighted by atomic mass is 10.0. The molecule has 1 aromatic carbocycles. The second-order valence-corrected chi connectivity index (χ2v) is 4.37. The molecule has 94 valence electrons. The SMILES string of the molecule is CCC(=O)c1ccc(-c2cn(C)nc2CC)cc1. The van der Waals surface area contributed by atoms with Gasteiger partial charge in [-0.05, 0) is 12.0 Å². The Morgan fingerprint density at radius 2 is 1.89 bits per heavy atom. The molecule has 18 heavy (non-hydrogen) atoms. The topological polar surface area (TPSA) is 34.9 Å². The van der Waals surface area contributed by atoms with Crippen LogP contribution >= 0.6 is 0 Å². The zero-order valence-electron chi connectivity index (χ0n) is 11.1. The standard InChI is InChI=1S/C15H18N2O/c1-4-14-13(10-17(3)16-14)11-6-8-12(9-7-11)15(18)5-2/h6-10H,4-5H2,1-3H3. The second-order valence-electron chi connectivity index (χ2n) is 4.37. The Kier molecular flexibility index (Phi) is 3.60. The van der Waals surface area contributed by atoms with Gasteiger partial charge in [-0.3, -0.25) is 9.48 Å². The van der Waals surface area contributed by atoms with Crippen molar-refractivity contribution in [2.45, 2.75) is 26.7 Å². The van der Waals surface area contributed by atoms with E-state index < -0.39 is 0 Å². The number of benzene rings is 1. The Balaban J connectivity index is 2.36. The van der Waals surface area contributed by atoms with Crippen molar-refractivity contribution < 1.29 is 4.79 Å². The lowest BCUT2D eigenvalue weighted by molar-refractivity contribution is 0.0988. The number of ketones is 1. The molecule has 2 aromatic rings. The highest BCUT2D eigenvalue weighted by Gasteiger charge is 2.09. The van der Waals surface area contributed by atoms with E-state index >= 15 is 0 Å². The van der Waals surface area contributed by atoms with Crippen LogP contribution in [-0.2, 0) is 13.5 Å². The van der Waals surface area contributed by atoms with E-state index in [0.717, 1.165) is 28.8 Å². The molecule has 0 spiro atoms. The number of hydrogen-bond donors (Lipinski definition) is 0. The molecule has 0 atom stereocenters. The van der Waals surface area contributed by atoms with E-state index in [1.165, 1.54) is 0 Å². The summed E-state index contributed by atoms with van der Waals surface area (Å²) in [4.78, 5) is 11.6. The second kappa shape index (κ2) is 5.17. The number of carbonyl (C=O) groups is 1. The normalized spacial score (nSPS) is 10.6. The fourth-order valence-corrected chi connectivity index (χ4v) is 2.08. The van der Waals surface area contributed by atoms with Crippen LogP contribution < -0.4 is 0 Å². The maximum absolute atomic E-state index is 11.6. The van der Waals surface area contributed by atoms with Crippen LogP contribution in [0.4, 0.5) is 0 Å². The predicted molar refractivity (Wildman–Crippen MR) is 72.6 cm³/mol. The number of Topliss-reactive ketones (excluding diaryl/α,β-unsaturated/α-hetero) is 1. The Labute approximate surface area is 107 Å². The monoisotopic (exact) mass is 242 g/mol. The first-order valence-corrected chi connectivity index (χ1v) is 6.31. The summed E-state index contributed by atoms with van der Waals surface area (Å²) in [6, 6.07) is 7.79. The number of carbonyl (C=O) groups excluding carboxylic acids is 1. The van der Waals surface area contributed by atoms with E-state index in [4.69, 9.17) is 0 Å². The van der Waals surface area contributed by atoms with E-state index in [9.17, 15) is 4.79 Å². The van der Waals surface area contributed by atoms with Crippen molar-refractivity contribution in [3.05, 3.63) is 41.7 Å². The van der Waals surface area contributed by atoms with Gasteiger partial charge in [0.15, 0.2) is 5.78 Å². The van der Waals surface area contributed by atoms with Gasteiger partial charge in [-0.15, -0.1) is 0 Å². The van der Waals surface area contributed by atoms with Gasteiger partial charge in [-0.25, -0.2) is 0 Å². The Morgan fingerprint density at radius 3 is 2.44 bits per heavy atom. The highest BCUT2D eigenvalue weighted by atomic mass is 16.1. The van der Waals surface area contributed by atoms with Crippen LogP contribution in [0.2, 0.25) is 0 Å². The third-order valence-corrected chi connectivity index (χ3v) is 3.08. The summed E-state index contributed by atoms with van der Waals surface area (Å²) in [5.74, 6) is 0.184. The van der Waals surface area contributed by atoms with E-state index in [0.29, 0.717) is 6.42 Å². The van der Waals surface area contributed by atoms with Crippen molar-refractivity contribution in [1.82, 2.24) is 9.78 Å². The fraction of sp³-hybridized carbons (Fsp3) is 0.333. The smallest absolute Gasteiger partial charge is 0.162 e. The molecule has 0 saturated heterocycles. The Morgan fingerprint density at radius 1 is 1.22 bits per heavy atom. The van der Waals surface area contributed by atoms with Crippen LogP contribution in [0.3, 0.4) is 0 Å². The van der Waals surface area contributed by atoms with Gasteiger partial charge in [0.25, 0.3) is 0 Å². The molecular formula is C15H18N2O. The summed E-state index contributed by atoms with van der Waals surface area (Å²) in [7, 11) is 1.93. The van der Waals surface area contributed by atoms with Crippen LogP contribution in [-0.4, -0.2) is 15.6 Å². The highest BCUT2D eigenvalue weighted by Crippen LogP contribution is 2.23. The molecule has 1 heterocycles. The molecule has 0 bridgehead atoms. The largest absolute Gasteiger partial charge is 0.294 e. The zero-order valence-corrected chi connectivity index (χ0v) is 11.1. The molecular weight excluding hydrogens is 224 g/mol. The molecule has 0 aliphatic heterocycles. The van der Waals surface area contributed by atoms with Gasteiger partial charge in [-0.2, -0.15) is 5.10 Å². The van der Waals surface area contributed by atoms with E-state index in [-0.39, 0.29) is 5.78 Å².